The van der Waals surface area contributed by atoms with Crippen LogP contribution in [0.1, 0.15) is 33.9 Å². The second kappa shape index (κ2) is 5.87. The molecule has 100 valence electrons. The van der Waals surface area contributed by atoms with Crippen LogP contribution in [0.4, 0.5) is 0 Å². The molecule has 0 saturated heterocycles. The molecule has 2 aromatic carbocycles. The lowest BCUT2D eigenvalue weighted by atomic mass is 9.93. The van der Waals surface area contributed by atoms with Gasteiger partial charge in [-0.05, 0) is 43.5 Å². The van der Waals surface area contributed by atoms with Gasteiger partial charge >= 0.3 is 0 Å². The lowest BCUT2D eigenvalue weighted by molar-refractivity contribution is 0.632. The zero-order valence-electron chi connectivity index (χ0n) is 11.5. The molecule has 0 saturated carbocycles. The van der Waals surface area contributed by atoms with Crippen LogP contribution in [-0.2, 0) is 0 Å². The summed E-state index contributed by atoms with van der Waals surface area (Å²) in [6, 6.07) is 12.7. The zero-order valence-corrected chi connectivity index (χ0v) is 13.1. The second-order valence-corrected chi connectivity index (χ2v) is 5.83. The number of hydrazine groups is 1. The van der Waals surface area contributed by atoms with E-state index in [9.17, 15) is 0 Å². The van der Waals surface area contributed by atoms with Gasteiger partial charge in [0, 0.05) is 4.47 Å². The van der Waals surface area contributed by atoms with Crippen molar-refractivity contribution in [2.75, 3.05) is 0 Å². The maximum Gasteiger partial charge on any atom is 0.0713 e. The largest absolute Gasteiger partial charge is 0.271 e. The zero-order chi connectivity index (χ0) is 14.0. The smallest absolute Gasteiger partial charge is 0.0713 e. The minimum atomic E-state index is 0.0103. The molecule has 3 N–H and O–H groups in total. The normalized spacial score (nSPS) is 12.5. The van der Waals surface area contributed by atoms with E-state index in [0.717, 1.165) is 4.47 Å². The monoisotopic (exact) mass is 318 g/mol. The number of benzene rings is 2. The average molecular weight is 319 g/mol. The van der Waals surface area contributed by atoms with Crippen molar-refractivity contribution in [1.29, 1.82) is 0 Å². The van der Waals surface area contributed by atoms with Crippen molar-refractivity contribution in [2.45, 2.75) is 26.8 Å². The first-order valence-electron chi connectivity index (χ1n) is 6.32. The minimum absolute atomic E-state index is 0.0103. The Kier molecular flexibility index (Phi) is 4.40. The van der Waals surface area contributed by atoms with E-state index in [-0.39, 0.29) is 6.04 Å². The van der Waals surface area contributed by atoms with E-state index in [4.69, 9.17) is 5.84 Å². The maximum absolute atomic E-state index is 5.79. The fourth-order valence-electron chi connectivity index (χ4n) is 2.48. The Morgan fingerprint density at radius 3 is 2.26 bits per heavy atom. The van der Waals surface area contributed by atoms with Crippen LogP contribution in [-0.4, -0.2) is 0 Å². The summed E-state index contributed by atoms with van der Waals surface area (Å²) < 4.78 is 1.11. The lowest BCUT2D eigenvalue weighted by Gasteiger charge is -2.20. The third-order valence-corrected chi connectivity index (χ3v) is 4.22. The van der Waals surface area contributed by atoms with Crippen molar-refractivity contribution in [3.05, 3.63) is 68.7 Å². The number of halogens is 1. The van der Waals surface area contributed by atoms with E-state index in [1.807, 2.05) is 12.1 Å². The summed E-state index contributed by atoms with van der Waals surface area (Å²) >= 11 is 3.58. The van der Waals surface area contributed by atoms with E-state index in [1.54, 1.807) is 0 Å². The second-order valence-electron chi connectivity index (χ2n) is 4.97. The van der Waals surface area contributed by atoms with Gasteiger partial charge in [0.05, 0.1) is 6.04 Å². The van der Waals surface area contributed by atoms with Crippen molar-refractivity contribution in [3.8, 4) is 0 Å². The molecule has 0 aromatic heterocycles. The molecule has 2 nitrogen and oxygen atoms in total. The van der Waals surface area contributed by atoms with E-state index in [2.05, 4.69) is 66.4 Å². The molecule has 19 heavy (non-hydrogen) atoms. The first-order valence-corrected chi connectivity index (χ1v) is 7.11. The Labute approximate surface area is 123 Å². The molecule has 1 atom stereocenters. The van der Waals surface area contributed by atoms with Crippen LogP contribution >= 0.6 is 15.9 Å². The highest BCUT2D eigenvalue weighted by molar-refractivity contribution is 9.10. The van der Waals surface area contributed by atoms with Gasteiger partial charge < -0.3 is 0 Å². The summed E-state index contributed by atoms with van der Waals surface area (Å²) in [5, 5.41) is 0. The Bertz CT molecular complexity index is 573. The van der Waals surface area contributed by atoms with Crippen LogP contribution in [0.5, 0.6) is 0 Å². The Hall–Kier alpha value is -1.16. The summed E-state index contributed by atoms with van der Waals surface area (Å²) in [6.07, 6.45) is 0. The molecule has 0 aliphatic rings. The molecule has 0 bridgehead atoms. The van der Waals surface area contributed by atoms with Gasteiger partial charge in [-0.15, -0.1) is 0 Å². The molecule has 0 fully saturated rings. The topological polar surface area (TPSA) is 38.0 Å². The van der Waals surface area contributed by atoms with Crippen molar-refractivity contribution in [3.63, 3.8) is 0 Å². The van der Waals surface area contributed by atoms with Crippen LogP contribution in [0, 0.1) is 20.8 Å². The predicted octanol–water partition coefficient (Wildman–Crippen LogP) is 3.93. The van der Waals surface area contributed by atoms with Crippen molar-refractivity contribution in [1.82, 2.24) is 5.43 Å². The molecular formula is C16H19BrN2. The lowest BCUT2D eigenvalue weighted by Crippen LogP contribution is -2.29. The molecular weight excluding hydrogens is 300 g/mol. The van der Waals surface area contributed by atoms with E-state index >= 15 is 0 Å². The molecule has 3 heteroatoms. The molecule has 2 aromatic rings. The van der Waals surface area contributed by atoms with E-state index in [0.29, 0.717) is 0 Å². The third kappa shape index (κ3) is 3.06. The number of nitrogens with two attached hydrogens (primary N) is 1. The number of aryl methyl sites for hydroxylation is 2. The summed E-state index contributed by atoms with van der Waals surface area (Å²) in [4.78, 5) is 0. The Morgan fingerprint density at radius 1 is 1.05 bits per heavy atom. The molecule has 0 aliphatic heterocycles. The molecule has 0 radical (unpaired) electrons. The van der Waals surface area contributed by atoms with Crippen molar-refractivity contribution < 1.29 is 0 Å². The number of hydrogen-bond donors (Lipinski definition) is 2. The van der Waals surface area contributed by atoms with Gasteiger partial charge in [0.1, 0.15) is 0 Å². The van der Waals surface area contributed by atoms with Gasteiger partial charge in [-0.25, -0.2) is 5.43 Å². The SMILES string of the molecule is Cc1cc(C)cc(C(NN)c2cccc(Br)c2C)c1. The van der Waals surface area contributed by atoms with Gasteiger partial charge in [0.15, 0.2) is 0 Å². The quantitative estimate of drug-likeness (QED) is 0.664. The first-order chi connectivity index (χ1) is 9.02. The van der Waals surface area contributed by atoms with Gasteiger partial charge in [0.2, 0.25) is 0 Å². The summed E-state index contributed by atoms with van der Waals surface area (Å²) in [5.41, 5.74) is 9.05. The minimum Gasteiger partial charge on any atom is -0.271 e. The predicted molar refractivity (Wildman–Crippen MR) is 84.0 cm³/mol. The summed E-state index contributed by atoms with van der Waals surface area (Å²) in [7, 11) is 0. The highest BCUT2D eigenvalue weighted by atomic mass is 79.9. The highest BCUT2D eigenvalue weighted by Gasteiger charge is 2.16. The van der Waals surface area contributed by atoms with Crippen LogP contribution in [0.3, 0.4) is 0 Å². The molecule has 0 spiro atoms. The van der Waals surface area contributed by atoms with Crippen LogP contribution in [0.15, 0.2) is 40.9 Å². The van der Waals surface area contributed by atoms with Crippen LogP contribution in [0.25, 0.3) is 0 Å². The molecule has 0 aliphatic carbocycles. The fraction of sp³-hybridized carbons (Fsp3) is 0.250. The third-order valence-electron chi connectivity index (χ3n) is 3.36. The van der Waals surface area contributed by atoms with Gasteiger partial charge in [-0.2, -0.15) is 0 Å². The van der Waals surface area contributed by atoms with Crippen LogP contribution in [0.2, 0.25) is 0 Å². The number of nitrogens with one attached hydrogen (secondary N) is 1. The fourth-order valence-corrected chi connectivity index (χ4v) is 2.86. The number of hydrogen-bond acceptors (Lipinski definition) is 2. The standard InChI is InChI=1S/C16H19BrN2/c1-10-7-11(2)9-13(8-10)16(19-18)14-5-4-6-15(17)12(14)3/h4-9,16,19H,18H2,1-3H3. The Balaban J connectivity index is 2.53. The van der Waals surface area contributed by atoms with Gasteiger partial charge in [-0.3, -0.25) is 5.84 Å². The Morgan fingerprint density at radius 2 is 1.68 bits per heavy atom. The van der Waals surface area contributed by atoms with Crippen LogP contribution < -0.4 is 11.3 Å². The highest BCUT2D eigenvalue weighted by Crippen LogP contribution is 2.29. The van der Waals surface area contributed by atoms with Gasteiger partial charge in [0.25, 0.3) is 0 Å². The van der Waals surface area contributed by atoms with E-state index in [1.165, 1.54) is 27.8 Å². The maximum atomic E-state index is 5.79. The molecule has 1 unspecified atom stereocenters. The van der Waals surface area contributed by atoms with Crippen molar-refractivity contribution in [2.24, 2.45) is 5.84 Å². The molecule has 2 rings (SSSR count). The summed E-state index contributed by atoms with van der Waals surface area (Å²) in [6.45, 7) is 6.32. The molecule has 0 amide bonds. The first kappa shape index (κ1) is 14.3. The number of rotatable bonds is 3. The van der Waals surface area contributed by atoms with E-state index < -0.39 is 0 Å². The summed E-state index contributed by atoms with van der Waals surface area (Å²) in [5.74, 6) is 5.79. The van der Waals surface area contributed by atoms with Gasteiger partial charge in [-0.1, -0.05) is 57.4 Å². The average Bonchev–Trinajstić information content (AvgIpc) is 2.34. The van der Waals surface area contributed by atoms with Crippen molar-refractivity contribution >= 4 is 15.9 Å². The molecule has 0 heterocycles.